The highest BCUT2D eigenvalue weighted by Crippen LogP contribution is 2.15. The maximum absolute atomic E-state index is 3.90. The number of rotatable bonds is 6. The molecule has 0 nitrogen and oxygen atoms in total. The Balaban J connectivity index is 3.09. The summed E-state index contributed by atoms with van der Waals surface area (Å²) in [6, 6.07) is 0. The van der Waals surface area contributed by atoms with Crippen LogP contribution in [0.25, 0.3) is 0 Å². The van der Waals surface area contributed by atoms with Crippen LogP contribution in [-0.4, -0.2) is 0 Å². The molecule has 0 atom stereocenters. The van der Waals surface area contributed by atoms with Crippen LogP contribution in [0.15, 0.2) is 0 Å². The predicted molar refractivity (Wildman–Crippen MR) is 47.6 cm³/mol. The Bertz CT molecular complexity index is 53.1. The molecule has 0 rings (SSSR count). The average molecular weight is 140 g/mol. The van der Waals surface area contributed by atoms with Crippen molar-refractivity contribution in [1.82, 2.24) is 0 Å². The van der Waals surface area contributed by atoms with Gasteiger partial charge in [0.15, 0.2) is 0 Å². The van der Waals surface area contributed by atoms with Crippen LogP contribution in [0.2, 0.25) is 0 Å². The lowest BCUT2D eigenvalue weighted by atomic mass is 9.96. The Morgan fingerprint density at radius 3 is 2.10 bits per heavy atom. The van der Waals surface area contributed by atoms with E-state index < -0.39 is 0 Å². The lowest BCUT2D eigenvalue weighted by molar-refractivity contribution is 0.464. The van der Waals surface area contributed by atoms with Gasteiger partial charge in [-0.15, -0.1) is 0 Å². The molecule has 0 bridgehead atoms. The molecule has 0 spiro atoms. The van der Waals surface area contributed by atoms with E-state index in [0.717, 1.165) is 18.8 Å². The first-order valence-corrected chi connectivity index (χ1v) is 4.43. The molecule has 0 amide bonds. The summed E-state index contributed by atoms with van der Waals surface area (Å²) in [5, 5.41) is 0. The molecule has 0 aliphatic rings. The fourth-order valence-electron chi connectivity index (χ4n) is 1.12. The van der Waals surface area contributed by atoms with E-state index in [1.807, 2.05) is 0 Å². The van der Waals surface area contributed by atoms with Crippen LogP contribution in [0, 0.1) is 19.8 Å². The van der Waals surface area contributed by atoms with Crippen LogP contribution in [0.1, 0.15) is 45.4 Å². The van der Waals surface area contributed by atoms with E-state index in [0.29, 0.717) is 0 Å². The van der Waals surface area contributed by atoms with E-state index in [1.54, 1.807) is 0 Å². The van der Waals surface area contributed by atoms with Gasteiger partial charge in [-0.25, -0.2) is 0 Å². The minimum atomic E-state index is 0.784. The first-order valence-electron chi connectivity index (χ1n) is 4.43. The third-order valence-electron chi connectivity index (χ3n) is 2.03. The second-order valence-electron chi connectivity index (χ2n) is 2.94. The van der Waals surface area contributed by atoms with E-state index in [9.17, 15) is 0 Å². The van der Waals surface area contributed by atoms with Crippen molar-refractivity contribution in [3.05, 3.63) is 13.8 Å². The van der Waals surface area contributed by atoms with Crippen molar-refractivity contribution in [2.75, 3.05) is 0 Å². The van der Waals surface area contributed by atoms with Gasteiger partial charge in [0.05, 0.1) is 0 Å². The van der Waals surface area contributed by atoms with Gasteiger partial charge in [0.2, 0.25) is 0 Å². The SMILES string of the molecule is [CH2]CC(C[CH2])CCCCC. The summed E-state index contributed by atoms with van der Waals surface area (Å²) in [5.41, 5.74) is 0. The van der Waals surface area contributed by atoms with Gasteiger partial charge in [-0.05, 0) is 5.92 Å². The number of unbranched alkanes of at least 4 members (excludes halogenated alkanes) is 2. The van der Waals surface area contributed by atoms with Crippen LogP contribution in [-0.2, 0) is 0 Å². The second-order valence-corrected chi connectivity index (χ2v) is 2.94. The molecular formula is C10H20. The molecule has 2 radical (unpaired) electrons. The van der Waals surface area contributed by atoms with E-state index in [2.05, 4.69) is 20.8 Å². The van der Waals surface area contributed by atoms with Crippen molar-refractivity contribution >= 4 is 0 Å². The maximum Gasteiger partial charge on any atom is -0.0414 e. The molecule has 0 heterocycles. The fraction of sp³-hybridized carbons (Fsp3) is 0.800. The molecule has 10 heavy (non-hydrogen) atoms. The molecule has 0 unspecified atom stereocenters. The van der Waals surface area contributed by atoms with E-state index >= 15 is 0 Å². The molecule has 0 aliphatic carbocycles. The summed E-state index contributed by atoms with van der Waals surface area (Å²) in [7, 11) is 0. The second kappa shape index (κ2) is 7.11. The molecule has 60 valence electrons. The monoisotopic (exact) mass is 140 g/mol. The highest BCUT2D eigenvalue weighted by atomic mass is 14.1. The zero-order chi connectivity index (χ0) is 7.82. The van der Waals surface area contributed by atoms with Crippen molar-refractivity contribution in [2.45, 2.75) is 45.4 Å². The number of hydrogen-bond acceptors (Lipinski definition) is 0. The Labute approximate surface area is 66.0 Å². The lowest BCUT2D eigenvalue weighted by Crippen LogP contribution is -1.96. The lowest BCUT2D eigenvalue weighted by Gasteiger charge is -2.10. The number of hydrogen-bond donors (Lipinski definition) is 0. The standard InChI is InChI=1S/C10H20/c1-4-7-8-9-10(5-2)6-3/h10H,2-9H2,1H3. The summed E-state index contributed by atoms with van der Waals surface area (Å²) in [6.45, 7) is 10.0. The maximum atomic E-state index is 3.90. The highest BCUT2D eigenvalue weighted by molar-refractivity contribution is 4.61. The van der Waals surface area contributed by atoms with E-state index in [-0.39, 0.29) is 0 Å². The van der Waals surface area contributed by atoms with Crippen molar-refractivity contribution in [2.24, 2.45) is 5.92 Å². The molecular weight excluding hydrogens is 120 g/mol. The van der Waals surface area contributed by atoms with Gasteiger partial charge in [0, 0.05) is 0 Å². The van der Waals surface area contributed by atoms with Crippen LogP contribution in [0.5, 0.6) is 0 Å². The Morgan fingerprint density at radius 1 is 1.10 bits per heavy atom. The van der Waals surface area contributed by atoms with Crippen molar-refractivity contribution < 1.29 is 0 Å². The van der Waals surface area contributed by atoms with Gasteiger partial charge in [0.25, 0.3) is 0 Å². The van der Waals surface area contributed by atoms with Crippen LogP contribution in [0.3, 0.4) is 0 Å². The summed E-state index contributed by atoms with van der Waals surface area (Å²) in [5.74, 6) is 0.784. The Morgan fingerprint density at radius 2 is 1.70 bits per heavy atom. The van der Waals surface area contributed by atoms with Crippen molar-refractivity contribution in [3.63, 3.8) is 0 Å². The van der Waals surface area contributed by atoms with Gasteiger partial charge in [-0.1, -0.05) is 59.3 Å². The summed E-state index contributed by atoms with van der Waals surface area (Å²) < 4.78 is 0. The first-order chi connectivity index (χ1) is 4.85. The van der Waals surface area contributed by atoms with Crippen molar-refractivity contribution in [3.8, 4) is 0 Å². The molecule has 0 aromatic carbocycles. The van der Waals surface area contributed by atoms with Gasteiger partial charge in [-0.2, -0.15) is 0 Å². The Hall–Kier alpha value is 0. The molecule has 0 aromatic rings. The molecule has 0 N–H and O–H groups in total. The normalized spacial score (nSPS) is 10.8. The third kappa shape index (κ3) is 4.84. The smallest absolute Gasteiger partial charge is 0.0414 e. The van der Waals surface area contributed by atoms with Gasteiger partial charge >= 0.3 is 0 Å². The molecule has 0 aromatic heterocycles. The van der Waals surface area contributed by atoms with Gasteiger partial charge < -0.3 is 0 Å². The molecule has 0 heteroatoms. The zero-order valence-corrected chi connectivity index (χ0v) is 7.23. The summed E-state index contributed by atoms with van der Waals surface area (Å²) in [6.07, 6.45) is 7.52. The van der Waals surface area contributed by atoms with Crippen LogP contribution >= 0.6 is 0 Å². The van der Waals surface area contributed by atoms with Gasteiger partial charge in [0.1, 0.15) is 0 Å². The largest absolute Gasteiger partial charge is 0.0654 e. The highest BCUT2D eigenvalue weighted by Gasteiger charge is 2.01. The molecule has 0 saturated heterocycles. The quantitative estimate of drug-likeness (QED) is 0.494. The Kier molecular flexibility index (Phi) is 7.11. The van der Waals surface area contributed by atoms with Crippen molar-refractivity contribution in [1.29, 1.82) is 0 Å². The topological polar surface area (TPSA) is 0 Å². The average Bonchev–Trinajstić information content (AvgIpc) is 1.99. The minimum absolute atomic E-state index is 0.784. The zero-order valence-electron chi connectivity index (χ0n) is 7.23. The van der Waals surface area contributed by atoms with E-state index in [1.165, 1.54) is 25.7 Å². The van der Waals surface area contributed by atoms with Crippen LogP contribution in [0.4, 0.5) is 0 Å². The predicted octanol–water partition coefficient (Wildman–Crippen LogP) is 3.63. The fourth-order valence-corrected chi connectivity index (χ4v) is 1.12. The summed E-state index contributed by atoms with van der Waals surface area (Å²) >= 11 is 0. The van der Waals surface area contributed by atoms with Crippen LogP contribution < -0.4 is 0 Å². The van der Waals surface area contributed by atoms with E-state index in [4.69, 9.17) is 0 Å². The molecule has 0 saturated carbocycles. The summed E-state index contributed by atoms with van der Waals surface area (Å²) in [4.78, 5) is 0. The molecule has 0 fully saturated rings. The minimum Gasteiger partial charge on any atom is -0.0654 e. The molecule has 0 aliphatic heterocycles. The first kappa shape index (κ1) is 10.0. The third-order valence-corrected chi connectivity index (χ3v) is 2.03. The van der Waals surface area contributed by atoms with Gasteiger partial charge in [-0.3, -0.25) is 0 Å².